The molecule has 0 unspecified atom stereocenters. The van der Waals surface area contributed by atoms with E-state index in [1.54, 1.807) is 18.6 Å². The Morgan fingerprint density at radius 2 is 2.26 bits per heavy atom. The van der Waals surface area contributed by atoms with Crippen molar-refractivity contribution in [2.45, 2.75) is 18.6 Å². The molecule has 0 saturated carbocycles. The van der Waals surface area contributed by atoms with Gasteiger partial charge in [-0.3, -0.25) is 9.38 Å². The van der Waals surface area contributed by atoms with Gasteiger partial charge in [0.15, 0.2) is 5.65 Å². The summed E-state index contributed by atoms with van der Waals surface area (Å²) in [4.78, 5) is 13.0. The van der Waals surface area contributed by atoms with Crippen molar-refractivity contribution in [3.05, 3.63) is 43.0 Å². The third-order valence-corrected chi connectivity index (χ3v) is 4.06. The van der Waals surface area contributed by atoms with Gasteiger partial charge >= 0.3 is 0 Å². The van der Waals surface area contributed by atoms with Crippen LogP contribution in [0.3, 0.4) is 0 Å². The zero-order chi connectivity index (χ0) is 15.6. The molecule has 0 amide bonds. The first-order valence-electron chi connectivity index (χ1n) is 7.67. The van der Waals surface area contributed by atoms with Crippen LogP contribution in [0.2, 0.25) is 0 Å². The monoisotopic (exact) mass is 312 g/mol. The van der Waals surface area contributed by atoms with Crippen LogP contribution in [-0.2, 0) is 0 Å². The third-order valence-electron chi connectivity index (χ3n) is 4.06. The summed E-state index contributed by atoms with van der Waals surface area (Å²) in [6.07, 6.45) is 6.70. The Hall–Kier alpha value is -2.54. The predicted octanol–water partition coefficient (Wildman–Crippen LogP) is 1.90. The molecule has 0 radical (unpaired) electrons. The third kappa shape index (κ3) is 2.75. The van der Waals surface area contributed by atoms with Crippen molar-refractivity contribution in [3.8, 4) is 11.4 Å². The van der Waals surface area contributed by atoms with E-state index in [-0.39, 0.29) is 6.04 Å². The highest BCUT2D eigenvalue weighted by molar-refractivity contribution is 5.61. The number of hydrogen-bond acceptors (Lipinski definition) is 5. The van der Waals surface area contributed by atoms with Gasteiger partial charge in [-0.15, -0.1) is 0 Å². The standard InChI is InChI=1S/C16H17FN6/c17-11-4-5-18-8-13(11)22-15-3-1-2-12(21-15)14-9-20-16-10-19-6-7-23(14)16/h1-3,6-7,9-11,13,18H,4-5,8H2,(H,21,22)/t11-,13-/m0/s1. The largest absolute Gasteiger partial charge is 0.363 e. The molecule has 1 aliphatic heterocycles. The molecular formula is C16H17FN6. The molecule has 3 aromatic rings. The van der Waals surface area contributed by atoms with Crippen LogP contribution in [0.5, 0.6) is 0 Å². The number of aromatic nitrogens is 4. The zero-order valence-corrected chi connectivity index (χ0v) is 12.5. The molecule has 3 aromatic heterocycles. The molecule has 0 spiro atoms. The molecule has 2 atom stereocenters. The number of halogens is 1. The van der Waals surface area contributed by atoms with Gasteiger partial charge in [0.2, 0.25) is 0 Å². The van der Waals surface area contributed by atoms with E-state index < -0.39 is 6.17 Å². The SMILES string of the molecule is F[C@H]1CCNC[C@@H]1Nc1cccc(-c2cnc3cnccn23)n1. The van der Waals surface area contributed by atoms with Crippen LogP contribution in [0.4, 0.5) is 10.2 Å². The molecule has 0 aliphatic carbocycles. The van der Waals surface area contributed by atoms with Gasteiger partial charge in [0.05, 0.1) is 29.8 Å². The Kier molecular flexibility index (Phi) is 3.63. The van der Waals surface area contributed by atoms with E-state index in [1.807, 2.05) is 28.8 Å². The average Bonchev–Trinajstić information content (AvgIpc) is 3.01. The minimum Gasteiger partial charge on any atom is -0.363 e. The zero-order valence-electron chi connectivity index (χ0n) is 12.5. The minimum absolute atomic E-state index is 0.252. The number of rotatable bonds is 3. The van der Waals surface area contributed by atoms with Crippen LogP contribution in [0.25, 0.3) is 17.0 Å². The van der Waals surface area contributed by atoms with E-state index in [1.165, 1.54) is 0 Å². The Bertz CT molecular complexity index is 817. The second kappa shape index (κ2) is 5.92. The molecule has 7 heteroatoms. The lowest BCUT2D eigenvalue weighted by atomic mass is 10.1. The van der Waals surface area contributed by atoms with Crippen molar-refractivity contribution in [1.82, 2.24) is 24.7 Å². The summed E-state index contributed by atoms with van der Waals surface area (Å²) in [7, 11) is 0. The Morgan fingerprint density at radius 3 is 3.17 bits per heavy atom. The van der Waals surface area contributed by atoms with Gasteiger partial charge in [-0.05, 0) is 25.1 Å². The maximum atomic E-state index is 14.0. The highest BCUT2D eigenvalue weighted by Gasteiger charge is 2.24. The topological polar surface area (TPSA) is 67.1 Å². The molecule has 2 N–H and O–H groups in total. The summed E-state index contributed by atoms with van der Waals surface area (Å²) < 4.78 is 15.9. The van der Waals surface area contributed by atoms with Crippen molar-refractivity contribution >= 4 is 11.5 Å². The Morgan fingerprint density at radius 1 is 1.30 bits per heavy atom. The summed E-state index contributed by atoms with van der Waals surface area (Å²) in [5.41, 5.74) is 2.43. The summed E-state index contributed by atoms with van der Waals surface area (Å²) in [6.45, 7) is 1.33. The highest BCUT2D eigenvalue weighted by Crippen LogP contribution is 2.21. The molecule has 1 saturated heterocycles. The van der Waals surface area contributed by atoms with E-state index >= 15 is 0 Å². The summed E-state index contributed by atoms with van der Waals surface area (Å²) in [5, 5.41) is 6.39. The van der Waals surface area contributed by atoms with E-state index in [4.69, 9.17) is 0 Å². The number of imidazole rings is 1. The van der Waals surface area contributed by atoms with Gasteiger partial charge in [0, 0.05) is 18.9 Å². The molecule has 1 aliphatic rings. The number of nitrogens with zero attached hydrogens (tertiary/aromatic N) is 4. The summed E-state index contributed by atoms with van der Waals surface area (Å²) in [6, 6.07) is 5.43. The van der Waals surface area contributed by atoms with Gasteiger partial charge in [0.1, 0.15) is 12.0 Å². The molecule has 23 heavy (non-hydrogen) atoms. The summed E-state index contributed by atoms with van der Waals surface area (Å²) in [5.74, 6) is 0.669. The second-order valence-corrected chi connectivity index (χ2v) is 5.62. The average molecular weight is 312 g/mol. The van der Waals surface area contributed by atoms with Crippen LogP contribution < -0.4 is 10.6 Å². The fourth-order valence-electron chi connectivity index (χ4n) is 2.85. The van der Waals surface area contributed by atoms with Crippen molar-refractivity contribution < 1.29 is 4.39 Å². The van der Waals surface area contributed by atoms with E-state index in [2.05, 4.69) is 25.6 Å². The number of nitrogens with one attached hydrogen (secondary N) is 2. The number of pyridine rings is 1. The van der Waals surface area contributed by atoms with Crippen LogP contribution in [0, 0.1) is 0 Å². The first-order chi connectivity index (χ1) is 11.3. The van der Waals surface area contributed by atoms with Crippen molar-refractivity contribution in [2.75, 3.05) is 18.4 Å². The van der Waals surface area contributed by atoms with Crippen molar-refractivity contribution in [3.63, 3.8) is 0 Å². The van der Waals surface area contributed by atoms with Crippen LogP contribution in [0.1, 0.15) is 6.42 Å². The number of anilines is 1. The van der Waals surface area contributed by atoms with Gasteiger partial charge in [-0.2, -0.15) is 0 Å². The summed E-state index contributed by atoms with van der Waals surface area (Å²) >= 11 is 0. The maximum Gasteiger partial charge on any atom is 0.155 e. The number of fused-ring (bicyclic) bond motifs is 1. The minimum atomic E-state index is -0.858. The predicted molar refractivity (Wildman–Crippen MR) is 86.0 cm³/mol. The van der Waals surface area contributed by atoms with E-state index in [0.29, 0.717) is 18.8 Å². The number of hydrogen-bond donors (Lipinski definition) is 2. The van der Waals surface area contributed by atoms with E-state index in [9.17, 15) is 4.39 Å². The number of alkyl halides is 1. The van der Waals surface area contributed by atoms with Crippen LogP contribution in [0.15, 0.2) is 43.0 Å². The Balaban J connectivity index is 1.63. The molecule has 0 bridgehead atoms. The van der Waals surface area contributed by atoms with Crippen LogP contribution in [-0.4, -0.2) is 44.7 Å². The lowest BCUT2D eigenvalue weighted by molar-refractivity contribution is 0.241. The molecule has 0 aromatic carbocycles. The van der Waals surface area contributed by atoms with Gasteiger partial charge in [-0.1, -0.05) is 6.07 Å². The quantitative estimate of drug-likeness (QED) is 0.773. The molecule has 1 fully saturated rings. The highest BCUT2D eigenvalue weighted by atomic mass is 19.1. The Labute approximate surface area is 132 Å². The van der Waals surface area contributed by atoms with E-state index in [0.717, 1.165) is 23.6 Å². The van der Waals surface area contributed by atoms with Crippen LogP contribution >= 0.6 is 0 Å². The van der Waals surface area contributed by atoms with Gasteiger partial charge in [0.25, 0.3) is 0 Å². The van der Waals surface area contributed by atoms with Gasteiger partial charge < -0.3 is 10.6 Å². The maximum absolute atomic E-state index is 14.0. The molecule has 6 nitrogen and oxygen atoms in total. The smallest absolute Gasteiger partial charge is 0.155 e. The first kappa shape index (κ1) is 14.1. The molecule has 4 rings (SSSR count). The van der Waals surface area contributed by atoms with Gasteiger partial charge in [-0.25, -0.2) is 14.4 Å². The molecule has 118 valence electrons. The van der Waals surface area contributed by atoms with Crippen molar-refractivity contribution in [1.29, 1.82) is 0 Å². The normalized spacial score (nSPS) is 21.4. The van der Waals surface area contributed by atoms with Crippen molar-refractivity contribution in [2.24, 2.45) is 0 Å². The lowest BCUT2D eigenvalue weighted by Gasteiger charge is -2.28. The molecule has 4 heterocycles. The second-order valence-electron chi connectivity index (χ2n) is 5.62. The molecular weight excluding hydrogens is 295 g/mol. The first-order valence-corrected chi connectivity index (χ1v) is 7.67. The number of piperidine rings is 1. The lowest BCUT2D eigenvalue weighted by Crippen LogP contribution is -2.46. The fraction of sp³-hybridized carbons (Fsp3) is 0.312. The fourth-order valence-corrected chi connectivity index (χ4v) is 2.85.